The zero-order valence-electron chi connectivity index (χ0n) is 39.6. The molecule has 5 aliphatic heterocycles. The average Bonchev–Trinajstić information content (AvgIpc) is 3.88. The second-order valence-electron chi connectivity index (χ2n) is 23.9. The standard InChI is InChI=1S/C53H73NO11S2/c1-29(2)30(3)43-44(65-43)51(62)13-6-8-32-23-47-14-11-38-46(47,4)48(24-42(60)52(38,63)27-57)28-66-67-37(26-56)36-9-5-7-33(25-55)49(36)17-18-54(45(49)61)34-19-31(20-35(58)21-34)10-15-50(32)39(51)12-16-53(50,64)40(47)22-41(48)59/h6,8,19-22,29-30,32-33,36-39,42-44,55-58,60,62-64H,5,7,9-18,23-28H2,1-4H3/t30-,32-,33+,36-,37-,38-,39+,42-,43+,44-,46-,47+,48-,49-,50-,51-,52+,53-/m1/s1. The summed E-state index contributed by atoms with van der Waals surface area (Å²) in [7, 11) is 2.94. The molecule has 7 fully saturated rings. The number of aliphatic hydroxyl groups is 7. The van der Waals surface area contributed by atoms with E-state index in [0.29, 0.717) is 94.4 Å². The number of fused-ring (bicyclic) bond motifs is 1. The van der Waals surface area contributed by atoms with E-state index in [1.165, 1.54) is 21.6 Å². The number of carbonyl (C=O) groups is 2. The molecule has 12 nitrogen and oxygen atoms in total. The lowest BCUT2D eigenvalue weighted by Gasteiger charge is -2.71. The number of phenols is 1. The van der Waals surface area contributed by atoms with Crippen molar-refractivity contribution in [2.45, 2.75) is 152 Å². The van der Waals surface area contributed by atoms with Crippen LogP contribution in [0.25, 0.3) is 0 Å². The van der Waals surface area contributed by atoms with Crippen molar-refractivity contribution in [2.24, 2.45) is 68.5 Å². The molecule has 8 bridgehead atoms. The van der Waals surface area contributed by atoms with Crippen molar-refractivity contribution in [1.82, 2.24) is 0 Å². The molecule has 4 spiro atoms. The molecule has 1 aromatic rings. The van der Waals surface area contributed by atoms with Gasteiger partial charge in [0.2, 0.25) is 5.91 Å². The molecule has 2 saturated heterocycles. The third-order valence-electron chi connectivity index (χ3n) is 21.9. The average molecular weight is 964 g/mol. The predicted octanol–water partition coefficient (Wildman–Crippen LogP) is 5.50. The molecule has 368 valence electrons. The van der Waals surface area contributed by atoms with Crippen LogP contribution >= 0.6 is 21.6 Å². The minimum atomic E-state index is -1.90. The van der Waals surface area contributed by atoms with Crippen molar-refractivity contribution in [3.8, 4) is 5.75 Å². The molecule has 7 aliphatic carbocycles. The molecule has 12 aliphatic rings. The van der Waals surface area contributed by atoms with E-state index < -0.39 is 79.8 Å². The van der Waals surface area contributed by atoms with Gasteiger partial charge in [-0.2, -0.15) is 0 Å². The number of epoxide rings is 1. The monoisotopic (exact) mass is 963 g/mol. The van der Waals surface area contributed by atoms with Gasteiger partial charge in [0, 0.05) is 52.7 Å². The zero-order valence-corrected chi connectivity index (χ0v) is 41.2. The Morgan fingerprint density at radius 1 is 0.910 bits per heavy atom. The number of benzene rings is 1. The van der Waals surface area contributed by atoms with Crippen LogP contribution in [0.2, 0.25) is 0 Å². The Hall–Kier alpha value is -1.98. The first-order valence-electron chi connectivity index (χ1n) is 25.5. The smallest absolute Gasteiger partial charge is 0.233 e. The molecule has 18 atom stereocenters. The van der Waals surface area contributed by atoms with Crippen LogP contribution in [0.5, 0.6) is 5.75 Å². The summed E-state index contributed by atoms with van der Waals surface area (Å²) in [5.41, 5.74) is -7.92. The van der Waals surface area contributed by atoms with Crippen LogP contribution in [-0.2, 0) is 20.7 Å². The van der Waals surface area contributed by atoms with E-state index in [2.05, 4.69) is 39.8 Å². The van der Waals surface area contributed by atoms with Gasteiger partial charge in [0.25, 0.3) is 0 Å². The number of phenolic OH excluding ortho intramolecular Hbond substituents is 1. The van der Waals surface area contributed by atoms with Crippen LogP contribution in [0.4, 0.5) is 5.69 Å². The van der Waals surface area contributed by atoms with Crippen molar-refractivity contribution in [2.75, 3.05) is 37.0 Å². The molecular weight excluding hydrogens is 891 g/mol. The highest BCUT2D eigenvalue weighted by Gasteiger charge is 2.84. The first-order chi connectivity index (χ1) is 31.8. The minimum Gasteiger partial charge on any atom is -0.508 e. The number of hydrogen-bond acceptors (Lipinski definition) is 13. The molecule has 5 saturated carbocycles. The van der Waals surface area contributed by atoms with Gasteiger partial charge in [0.05, 0.1) is 41.9 Å². The van der Waals surface area contributed by atoms with Gasteiger partial charge in [-0.1, -0.05) is 67.9 Å². The Balaban J connectivity index is 1.13. The number of ketones is 1. The van der Waals surface area contributed by atoms with E-state index in [0.717, 1.165) is 12.0 Å². The van der Waals surface area contributed by atoms with E-state index in [-0.39, 0.29) is 72.6 Å². The molecule has 0 aromatic heterocycles. The van der Waals surface area contributed by atoms with Gasteiger partial charge in [-0.25, -0.2) is 0 Å². The molecular formula is C53H73NO11S2. The van der Waals surface area contributed by atoms with Gasteiger partial charge in [-0.15, -0.1) is 0 Å². The highest BCUT2D eigenvalue weighted by Crippen LogP contribution is 2.84. The Morgan fingerprint density at radius 3 is 2.42 bits per heavy atom. The summed E-state index contributed by atoms with van der Waals surface area (Å²) >= 11 is 0. The van der Waals surface area contributed by atoms with Crippen molar-refractivity contribution < 1.29 is 55.2 Å². The van der Waals surface area contributed by atoms with Crippen molar-refractivity contribution >= 4 is 39.0 Å². The molecule has 8 N–H and O–H groups in total. The Labute approximate surface area is 402 Å². The highest BCUT2D eigenvalue weighted by atomic mass is 33.1. The first kappa shape index (κ1) is 47.4. The molecule has 0 radical (unpaired) electrons. The van der Waals surface area contributed by atoms with Crippen LogP contribution in [0.1, 0.15) is 110 Å². The normalized spacial score (nSPS) is 50.2. The molecule has 67 heavy (non-hydrogen) atoms. The Bertz CT molecular complexity index is 2280. The summed E-state index contributed by atoms with van der Waals surface area (Å²) in [6, 6.07) is 5.33. The minimum absolute atomic E-state index is 0.0106. The fraction of sp³-hybridized carbons (Fsp3) is 0.774. The maximum absolute atomic E-state index is 15.8. The lowest BCUT2D eigenvalue weighted by Crippen LogP contribution is -2.75. The van der Waals surface area contributed by atoms with Crippen LogP contribution in [0.15, 0.2) is 42.0 Å². The first-order valence-corrected chi connectivity index (χ1v) is 27.9. The van der Waals surface area contributed by atoms with Gasteiger partial charge in [0.1, 0.15) is 23.1 Å². The number of aliphatic hydroxyl groups excluding tert-OH is 4. The number of nitrogens with zero attached hydrogens (tertiary/aromatic N) is 1. The summed E-state index contributed by atoms with van der Waals surface area (Å²) in [6.45, 7) is 7.90. The Kier molecular flexibility index (Phi) is 11.1. The largest absolute Gasteiger partial charge is 0.508 e. The molecule has 13 rings (SSSR count). The third-order valence-corrected chi connectivity index (χ3v) is 24.9. The fourth-order valence-electron chi connectivity index (χ4n) is 18.4. The molecule has 1 amide bonds. The quantitative estimate of drug-likeness (QED) is 0.101. The zero-order chi connectivity index (χ0) is 47.5. The number of hydrogen-bond donors (Lipinski definition) is 8. The second kappa shape index (κ2) is 15.8. The summed E-state index contributed by atoms with van der Waals surface area (Å²) in [5, 5.41) is 96.9. The number of anilines is 1. The maximum Gasteiger partial charge on any atom is 0.233 e. The van der Waals surface area contributed by atoms with E-state index in [9.17, 15) is 40.9 Å². The topological polar surface area (TPSA) is 212 Å². The summed E-state index contributed by atoms with van der Waals surface area (Å²) in [4.78, 5) is 32.9. The number of carbonyl (C=O) groups excluding carboxylic acids is 2. The van der Waals surface area contributed by atoms with Gasteiger partial charge in [0.15, 0.2) is 5.78 Å². The number of ether oxygens (including phenoxy) is 1. The lowest BCUT2D eigenvalue weighted by atomic mass is 9.33. The second-order valence-corrected chi connectivity index (χ2v) is 26.5. The van der Waals surface area contributed by atoms with Gasteiger partial charge < -0.3 is 50.5 Å². The highest BCUT2D eigenvalue weighted by molar-refractivity contribution is 8.77. The Morgan fingerprint density at radius 2 is 1.69 bits per heavy atom. The number of aryl methyl sites for hydroxylation is 1. The lowest BCUT2D eigenvalue weighted by molar-refractivity contribution is -0.256. The fourth-order valence-corrected chi connectivity index (χ4v) is 21.9. The van der Waals surface area contributed by atoms with Crippen molar-refractivity contribution in [1.29, 1.82) is 0 Å². The molecule has 1 aromatic carbocycles. The third kappa shape index (κ3) is 5.80. The predicted molar refractivity (Wildman–Crippen MR) is 256 cm³/mol. The summed E-state index contributed by atoms with van der Waals surface area (Å²) < 4.78 is 6.53. The van der Waals surface area contributed by atoms with E-state index in [4.69, 9.17) is 4.74 Å². The van der Waals surface area contributed by atoms with Crippen LogP contribution < -0.4 is 4.90 Å². The SMILES string of the molecule is CC(C)[C@@H](C)[C@@H]1O[C@H]1[C@@]1(O)CC=C[C@@H]2C[C@@]34CC[C@H]5[C@@](O)(CO)[C@H](O)C[C@]6(CSS[C@H](CO)[C@H]7CCC[C@@H](CO)[C@]78CCN(C8=O)c7cc(O)cc(c7)CC[C@]27[C@@H]1CC[C@@]7(O)C3=CC6=O)[C@]54C. The van der Waals surface area contributed by atoms with Gasteiger partial charge in [-0.05, 0) is 147 Å². The van der Waals surface area contributed by atoms with Gasteiger partial charge in [-0.3, -0.25) is 9.59 Å². The van der Waals surface area contributed by atoms with Crippen LogP contribution in [-0.4, -0.2) is 125 Å². The number of allylic oxidation sites excluding steroid dienone is 2. The van der Waals surface area contributed by atoms with Crippen molar-refractivity contribution in [3.63, 3.8) is 0 Å². The van der Waals surface area contributed by atoms with E-state index in [1.807, 2.05) is 6.07 Å². The maximum atomic E-state index is 15.8. The van der Waals surface area contributed by atoms with Crippen LogP contribution in [0, 0.1) is 68.5 Å². The number of rotatable bonds is 6. The number of amides is 1. The summed E-state index contributed by atoms with van der Waals surface area (Å²) in [5.74, 6) is -1.65. The van der Waals surface area contributed by atoms with E-state index in [1.54, 1.807) is 23.1 Å². The molecule has 5 heterocycles. The van der Waals surface area contributed by atoms with Crippen LogP contribution in [0.3, 0.4) is 0 Å². The van der Waals surface area contributed by atoms with E-state index >= 15 is 9.59 Å². The van der Waals surface area contributed by atoms with Gasteiger partial charge >= 0.3 is 0 Å². The molecule has 14 heteroatoms. The van der Waals surface area contributed by atoms with Crippen molar-refractivity contribution in [3.05, 3.63) is 47.6 Å². The summed E-state index contributed by atoms with van der Waals surface area (Å²) in [6.07, 6.45) is 9.94. The number of aromatic hydroxyl groups is 1. The molecule has 0 unspecified atom stereocenters.